The monoisotopic (exact) mass is 357 g/mol. The Bertz CT molecular complexity index is 716. The fourth-order valence-corrected chi connectivity index (χ4v) is 2.88. The molecule has 3 rings (SSSR count). The predicted molar refractivity (Wildman–Crippen MR) is 86.8 cm³/mol. The molecule has 1 aliphatic carbocycles. The third kappa shape index (κ3) is 3.56. The molecule has 0 spiro atoms. The van der Waals surface area contributed by atoms with Crippen molar-refractivity contribution < 1.29 is 9.21 Å². The largest absolute Gasteiger partial charge is 0.416 e. The van der Waals surface area contributed by atoms with E-state index in [1.807, 2.05) is 6.92 Å². The molecule has 116 valence electrons. The average molecular weight is 358 g/mol. The van der Waals surface area contributed by atoms with Crippen molar-refractivity contribution >= 4 is 46.6 Å². The van der Waals surface area contributed by atoms with Gasteiger partial charge in [0.2, 0.25) is 11.8 Å². The molecule has 1 amide bonds. The number of aryl methyl sites for hydroxylation is 1. The maximum Gasteiger partial charge on any atom is 0.277 e. The van der Waals surface area contributed by atoms with Gasteiger partial charge in [0.15, 0.2) is 0 Å². The first-order chi connectivity index (χ1) is 10.5. The van der Waals surface area contributed by atoms with E-state index in [2.05, 4.69) is 15.5 Å². The average Bonchev–Trinajstić information content (AvgIpc) is 3.24. The number of hydrogen-bond donors (Lipinski definition) is 1. The maximum atomic E-state index is 12.0. The van der Waals surface area contributed by atoms with Crippen LogP contribution in [-0.4, -0.2) is 21.9 Å². The van der Waals surface area contributed by atoms with Gasteiger partial charge in [-0.25, -0.2) is 0 Å². The van der Waals surface area contributed by atoms with Crippen molar-refractivity contribution in [1.29, 1.82) is 0 Å². The number of rotatable bonds is 5. The Hall–Kier alpha value is -1.24. The zero-order chi connectivity index (χ0) is 15.7. The lowest BCUT2D eigenvalue weighted by Gasteiger charge is -2.10. The highest BCUT2D eigenvalue weighted by Crippen LogP contribution is 2.39. The molecule has 5 nitrogen and oxygen atoms in total. The molecule has 2 aromatic rings. The van der Waals surface area contributed by atoms with Gasteiger partial charge in [0.25, 0.3) is 5.22 Å². The Balaban J connectivity index is 1.59. The van der Waals surface area contributed by atoms with E-state index in [-0.39, 0.29) is 11.7 Å². The summed E-state index contributed by atoms with van der Waals surface area (Å²) in [7, 11) is 0. The van der Waals surface area contributed by atoms with Gasteiger partial charge >= 0.3 is 0 Å². The second-order valence-electron chi connectivity index (χ2n) is 5.07. The van der Waals surface area contributed by atoms with Gasteiger partial charge in [-0.1, -0.05) is 41.0 Å². The molecule has 1 aliphatic rings. The highest BCUT2D eigenvalue weighted by atomic mass is 35.5. The highest BCUT2D eigenvalue weighted by molar-refractivity contribution is 7.99. The van der Waals surface area contributed by atoms with Crippen molar-refractivity contribution in [2.75, 3.05) is 11.1 Å². The number of amides is 1. The minimum Gasteiger partial charge on any atom is -0.416 e. The molecule has 1 fully saturated rings. The number of carbonyl (C=O) groups excluding carboxylic acids is 1. The van der Waals surface area contributed by atoms with Crippen molar-refractivity contribution in [3.05, 3.63) is 33.6 Å². The first-order valence-corrected chi connectivity index (χ1v) is 8.49. The van der Waals surface area contributed by atoms with Crippen LogP contribution in [0.25, 0.3) is 0 Å². The highest BCUT2D eigenvalue weighted by Gasteiger charge is 2.29. The fourth-order valence-electron chi connectivity index (χ4n) is 1.85. The maximum absolute atomic E-state index is 12.0. The van der Waals surface area contributed by atoms with Crippen molar-refractivity contribution in [3.8, 4) is 0 Å². The molecule has 0 saturated heterocycles. The van der Waals surface area contributed by atoms with E-state index < -0.39 is 0 Å². The number of nitrogens with one attached hydrogen (secondary N) is 1. The van der Waals surface area contributed by atoms with Crippen LogP contribution in [0.1, 0.15) is 30.2 Å². The van der Waals surface area contributed by atoms with E-state index in [0.29, 0.717) is 32.8 Å². The van der Waals surface area contributed by atoms with Crippen molar-refractivity contribution in [3.63, 3.8) is 0 Å². The molecule has 1 N–H and O–H groups in total. The van der Waals surface area contributed by atoms with Crippen LogP contribution >= 0.6 is 35.0 Å². The molecule has 1 aromatic heterocycles. The molecule has 22 heavy (non-hydrogen) atoms. The fraction of sp³-hybridized carbons (Fsp3) is 0.357. The van der Waals surface area contributed by atoms with Gasteiger partial charge in [0.1, 0.15) is 0 Å². The summed E-state index contributed by atoms with van der Waals surface area (Å²) in [6.07, 6.45) is 2.19. The van der Waals surface area contributed by atoms with Crippen molar-refractivity contribution in [2.45, 2.75) is 30.9 Å². The van der Waals surface area contributed by atoms with Crippen molar-refractivity contribution in [2.24, 2.45) is 0 Å². The lowest BCUT2D eigenvalue weighted by Crippen LogP contribution is -2.15. The van der Waals surface area contributed by atoms with Gasteiger partial charge in [-0.05, 0) is 31.4 Å². The number of halogens is 2. The number of carbonyl (C=O) groups is 1. The number of nitrogens with zero attached hydrogens (tertiary/aromatic N) is 2. The number of benzene rings is 1. The molecule has 0 bridgehead atoms. The quantitative estimate of drug-likeness (QED) is 0.808. The van der Waals surface area contributed by atoms with E-state index in [4.69, 9.17) is 27.6 Å². The summed E-state index contributed by atoms with van der Waals surface area (Å²) in [5.41, 5.74) is 1.28. The minimum atomic E-state index is -0.231. The minimum absolute atomic E-state index is 0.146. The SMILES string of the molecule is Cc1ccc(Cl)c(NC(=O)CSc2nnc(C3CC3)o2)c1Cl. The Morgan fingerprint density at radius 2 is 2.18 bits per heavy atom. The van der Waals surface area contributed by atoms with Crippen LogP contribution in [0.2, 0.25) is 10.0 Å². The van der Waals surface area contributed by atoms with E-state index >= 15 is 0 Å². The van der Waals surface area contributed by atoms with Crippen molar-refractivity contribution in [1.82, 2.24) is 10.2 Å². The van der Waals surface area contributed by atoms with Crippen LogP contribution < -0.4 is 5.32 Å². The first kappa shape index (κ1) is 15.6. The number of aromatic nitrogens is 2. The standard InChI is InChI=1S/C14H13Cl2N3O2S/c1-7-2-5-9(15)12(11(7)16)17-10(20)6-22-14-19-18-13(21-14)8-3-4-8/h2,5,8H,3-4,6H2,1H3,(H,17,20). The number of hydrogen-bond acceptors (Lipinski definition) is 5. The summed E-state index contributed by atoms with van der Waals surface area (Å²) in [5, 5.41) is 11.9. The lowest BCUT2D eigenvalue weighted by atomic mass is 10.2. The van der Waals surface area contributed by atoms with Gasteiger partial charge in [-0.3, -0.25) is 4.79 Å². The van der Waals surface area contributed by atoms with Crippen LogP contribution in [0.15, 0.2) is 21.8 Å². The third-order valence-electron chi connectivity index (χ3n) is 3.22. The molecule has 0 atom stereocenters. The summed E-state index contributed by atoms with van der Waals surface area (Å²) in [6.45, 7) is 1.85. The smallest absolute Gasteiger partial charge is 0.277 e. The lowest BCUT2D eigenvalue weighted by molar-refractivity contribution is -0.113. The van der Waals surface area contributed by atoms with Gasteiger partial charge in [0, 0.05) is 5.92 Å². The number of thioether (sulfide) groups is 1. The number of anilines is 1. The van der Waals surface area contributed by atoms with E-state index in [0.717, 1.165) is 18.4 Å². The molecular formula is C14H13Cl2N3O2S. The molecule has 1 aromatic carbocycles. The molecule has 1 heterocycles. The summed E-state index contributed by atoms with van der Waals surface area (Å²) in [5.74, 6) is 0.978. The van der Waals surface area contributed by atoms with Crippen LogP contribution in [0.5, 0.6) is 0 Å². The zero-order valence-corrected chi connectivity index (χ0v) is 14.1. The Morgan fingerprint density at radius 3 is 2.91 bits per heavy atom. The third-order valence-corrected chi connectivity index (χ3v) is 4.84. The Morgan fingerprint density at radius 1 is 1.41 bits per heavy atom. The van der Waals surface area contributed by atoms with Crippen LogP contribution in [-0.2, 0) is 4.79 Å². The Kier molecular flexibility index (Phi) is 4.61. The van der Waals surface area contributed by atoms with E-state index in [1.165, 1.54) is 11.8 Å². The molecule has 0 aliphatic heterocycles. The van der Waals surface area contributed by atoms with E-state index in [1.54, 1.807) is 12.1 Å². The van der Waals surface area contributed by atoms with Gasteiger partial charge in [0.05, 0.1) is 21.5 Å². The molecule has 0 radical (unpaired) electrons. The summed E-state index contributed by atoms with van der Waals surface area (Å²) in [6, 6.07) is 3.50. The van der Waals surface area contributed by atoms with E-state index in [9.17, 15) is 4.79 Å². The van der Waals surface area contributed by atoms with Crippen LogP contribution in [0.4, 0.5) is 5.69 Å². The van der Waals surface area contributed by atoms with Gasteiger partial charge < -0.3 is 9.73 Å². The molecule has 8 heteroatoms. The summed E-state index contributed by atoms with van der Waals surface area (Å²) >= 11 is 13.4. The van der Waals surface area contributed by atoms with Crippen LogP contribution in [0.3, 0.4) is 0 Å². The molecule has 0 unspecified atom stereocenters. The molecule has 1 saturated carbocycles. The molecular weight excluding hydrogens is 345 g/mol. The Labute approximate surface area is 141 Å². The van der Waals surface area contributed by atoms with Crippen LogP contribution in [0, 0.1) is 6.92 Å². The zero-order valence-electron chi connectivity index (χ0n) is 11.7. The first-order valence-electron chi connectivity index (χ1n) is 6.75. The van der Waals surface area contributed by atoms with Gasteiger partial charge in [-0.2, -0.15) is 0 Å². The summed E-state index contributed by atoms with van der Waals surface area (Å²) in [4.78, 5) is 12.0. The topological polar surface area (TPSA) is 68.0 Å². The second-order valence-corrected chi connectivity index (χ2v) is 6.78. The normalized spacial score (nSPS) is 14.1. The predicted octanol–water partition coefficient (Wildman–Crippen LogP) is 4.29. The van der Waals surface area contributed by atoms with Gasteiger partial charge in [-0.15, -0.1) is 10.2 Å². The summed E-state index contributed by atoms with van der Waals surface area (Å²) < 4.78 is 5.48. The second kappa shape index (κ2) is 6.48.